The first-order chi connectivity index (χ1) is 6.59. The number of hydrogen-bond donors (Lipinski definition) is 1. The summed E-state index contributed by atoms with van der Waals surface area (Å²) in [6.45, 7) is 0. The van der Waals surface area contributed by atoms with Crippen LogP contribution in [0.2, 0.25) is 0 Å². The van der Waals surface area contributed by atoms with E-state index in [4.69, 9.17) is 0 Å². The van der Waals surface area contributed by atoms with Crippen LogP contribution in [-0.4, -0.2) is 16.7 Å². The summed E-state index contributed by atoms with van der Waals surface area (Å²) in [6, 6.07) is 4.94. The van der Waals surface area contributed by atoms with Crippen molar-refractivity contribution in [1.29, 1.82) is 0 Å². The average molecular weight is 300 g/mol. The molecular formula is C10H5IO3. The van der Waals surface area contributed by atoms with Crippen molar-refractivity contribution in [3.05, 3.63) is 44.7 Å². The molecule has 0 saturated carbocycles. The maximum Gasteiger partial charge on any atom is 0.228 e. The highest BCUT2D eigenvalue weighted by molar-refractivity contribution is 14.1. The lowest BCUT2D eigenvalue weighted by atomic mass is 9.94. The first-order valence-electron chi connectivity index (χ1n) is 3.89. The summed E-state index contributed by atoms with van der Waals surface area (Å²) in [5.41, 5.74) is 0.634. The molecule has 1 aliphatic carbocycles. The third-order valence-corrected chi connectivity index (χ3v) is 2.66. The van der Waals surface area contributed by atoms with Crippen LogP contribution >= 0.6 is 22.6 Å². The zero-order valence-electron chi connectivity index (χ0n) is 6.95. The van der Waals surface area contributed by atoms with Crippen LogP contribution in [0.3, 0.4) is 0 Å². The summed E-state index contributed by atoms with van der Waals surface area (Å²) in [6.07, 6.45) is 0.956. The van der Waals surface area contributed by atoms with E-state index in [1.807, 2.05) is 22.6 Å². The van der Waals surface area contributed by atoms with Gasteiger partial charge in [0.25, 0.3) is 0 Å². The van der Waals surface area contributed by atoms with Crippen LogP contribution < -0.4 is 0 Å². The van der Waals surface area contributed by atoms with Crippen LogP contribution in [0.15, 0.2) is 30.0 Å². The maximum atomic E-state index is 11.4. The fraction of sp³-hybridized carbons (Fsp3) is 0. The SMILES string of the molecule is O=C1C=C(O)C(=O)c2cc(I)ccc21. The van der Waals surface area contributed by atoms with Crippen molar-refractivity contribution in [1.82, 2.24) is 0 Å². The Bertz CT molecular complexity index is 474. The van der Waals surface area contributed by atoms with Crippen LogP contribution in [0.5, 0.6) is 0 Å². The van der Waals surface area contributed by atoms with Gasteiger partial charge in [-0.2, -0.15) is 0 Å². The number of halogens is 1. The van der Waals surface area contributed by atoms with Gasteiger partial charge in [-0.05, 0) is 40.8 Å². The molecular weight excluding hydrogens is 295 g/mol. The summed E-state index contributed by atoms with van der Waals surface area (Å²) >= 11 is 2.05. The Morgan fingerprint density at radius 1 is 1.14 bits per heavy atom. The number of fused-ring (bicyclic) bond motifs is 1. The standard InChI is InChI=1S/C10H5IO3/c11-5-1-2-6-7(3-5)10(14)9(13)4-8(6)12/h1-4,13H. The van der Waals surface area contributed by atoms with Crippen molar-refractivity contribution in [2.24, 2.45) is 0 Å². The van der Waals surface area contributed by atoms with Crippen molar-refractivity contribution < 1.29 is 14.7 Å². The molecule has 4 heteroatoms. The number of carbonyl (C=O) groups is 2. The van der Waals surface area contributed by atoms with E-state index in [1.165, 1.54) is 0 Å². The van der Waals surface area contributed by atoms with Gasteiger partial charge in [-0.3, -0.25) is 9.59 Å². The number of aliphatic hydroxyl groups is 1. The number of benzene rings is 1. The van der Waals surface area contributed by atoms with Crippen LogP contribution in [0.25, 0.3) is 0 Å². The van der Waals surface area contributed by atoms with Gasteiger partial charge in [0.1, 0.15) is 0 Å². The Kier molecular flexibility index (Phi) is 2.14. The lowest BCUT2D eigenvalue weighted by Gasteiger charge is -2.10. The molecule has 1 aliphatic rings. The van der Waals surface area contributed by atoms with Gasteiger partial charge in [0, 0.05) is 20.8 Å². The lowest BCUT2D eigenvalue weighted by Crippen LogP contribution is -2.16. The molecule has 0 heterocycles. The number of ketones is 2. The molecule has 0 fully saturated rings. The molecule has 0 saturated heterocycles. The van der Waals surface area contributed by atoms with Gasteiger partial charge in [0.15, 0.2) is 11.5 Å². The average Bonchev–Trinajstić information content (AvgIpc) is 2.14. The quantitative estimate of drug-likeness (QED) is 0.747. The second kappa shape index (κ2) is 3.20. The number of hydrogen-bond acceptors (Lipinski definition) is 3. The van der Waals surface area contributed by atoms with Gasteiger partial charge in [0.05, 0.1) is 0 Å². The van der Waals surface area contributed by atoms with Crippen molar-refractivity contribution in [3.63, 3.8) is 0 Å². The molecule has 0 aliphatic heterocycles. The second-order valence-corrected chi connectivity index (χ2v) is 4.16. The van der Waals surface area contributed by atoms with Crippen molar-refractivity contribution in [2.75, 3.05) is 0 Å². The highest BCUT2D eigenvalue weighted by atomic mass is 127. The predicted octanol–water partition coefficient (Wildman–Crippen LogP) is 2.11. The van der Waals surface area contributed by atoms with E-state index < -0.39 is 11.5 Å². The molecule has 0 aromatic heterocycles. The van der Waals surface area contributed by atoms with Gasteiger partial charge in [0.2, 0.25) is 5.78 Å². The van der Waals surface area contributed by atoms with Crippen LogP contribution in [0, 0.1) is 3.57 Å². The largest absolute Gasteiger partial charge is 0.504 e. The predicted molar refractivity (Wildman–Crippen MR) is 58.5 cm³/mol. The van der Waals surface area contributed by atoms with E-state index in [-0.39, 0.29) is 11.3 Å². The summed E-state index contributed by atoms with van der Waals surface area (Å²) < 4.78 is 0.859. The van der Waals surface area contributed by atoms with Gasteiger partial charge in [-0.15, -0.1) is 0 Å². The molecule has 0 unspecified atom stereocenters. The Balaban J connectivity index is 2.69. The highest BCUT2D eigenvalue weighted by Crippen LogP contribution is 2.21. The summed E-state index contributed by atoms with van der Waals surface area (Å²) in [5.74, 6) is -1.30. The zero-order chi connectivity index (χ0) is 10.3. The number of allylic oxidation sites excluding steroid dienone is 2. The Morgan fingerprint density at radius 3 is 2.57 bits per heavy atom. The highest BCUT2D eigenvalue weighted by Gasteiger charge is 2.24. The van der Waals surface area contributed by atoms with E-state index in [0.717, 1.165) is 9.65 Å². The third-order valence-electron chi connectivity index (χ3n) is 1.99. The minimum absolute atomic E-state index is 0.280. The third kappa shape index (κ3) is 1.35. The van der Waals surface area contributed by atoms with Crippen LogP contribution in [0.4, 0.5) is 0 Å². The van der Waals surface area contributed by atoms with Crippen molar-refractivity contribution >= 4 is 34.2 Å². The fourth-order valence-corrected chi connectivity index (χ4v) is 1.82. The number of carbonyl (C=O) groups excluding carboxylic acids is 2. The molecule has 0 amide bonds. The minimum atomic E-state index is -0.488. The Labute approximate surface area is 93.6 Å². The molecule has 0 atom stereocenters. The number of aliphatic hydroxyl groups excluding tert-OH is 1. The Hall–Kier alpha value is -1.17. The van der Waals surface area contributed by atoms with E-state index in [9.17, 15) is 14.7 Å². The molecule has 2 rings (SSSR count). The zero-order valence-corrected chi connectivity index (χ0v) is 9.11. The van der Waals surface area contributed by atoms with Crippen molar-refractivity contribution in [2.45, 2.75) is 0 Å². The Morgan fingerprint density at radius 2 is 1.86 bits per heavy atom. The van der Waals surface area contributed by atoms with Crippen LogP contribution in [0.1, 0.15) is 20.7 Å². The van der Waals surface area contributed by atoms with Gasteiger partial charge in [-0.1, -0.05) is 0 Å². The maximum absolute atomic E-state index is 11.4. The summed E-state index contributed by atoms with van der Waals surface area (Å²) in [4.78, 5) is 22.8. The molecule has 3 nitrogen and oxygen atoms in total. The van der Waals surface area contributed by atoms with Crippen LogP contribution in [-0.2, 0) is 0 Å². The van der Waals surface area contributed by atoms with E-state index in [2.05, 4.69) is 0 Å². The van der Waals surface area contributed by atoms with E-state index >= 15 is 0 Å². The fourth-order valence-electron chi connectivity index (χ4n) is 1.32. The minimum Gasteiger partial charge on any atom is -0.504 e. The molecule has 1 aromatic carbocycles. The summed E-state index contributed by atoms with van der Waals surface area (Å²) in [7, 11) is 0. The number of rotatable bonds is 0. The van der Waals surface area contributed by atoms with Gasteiger partial charge in [-0.25, -0.2) is 0 Å². The van der Waals surface area contributed by atoms with Gasteiger partial charge >= 0.3 is 0 Å². The van der Waals surface area contributed by atoms with Gasteiger partial charge < -0.3 is 5.11 Å². The first-order valence-corrected chi connectivity index (χ1v) is 4.96. The molecule has 0 spiro atoms. The molecule has 0 radical (unpaired) electrons. The van der Waals surface area contributed by atoms with E-state index in [1.54, 1.807) is 18.2 Å². The molecule has 70 valence electrons. The lowest BCUT2D eigenvalue weighted by molar-refractivity contribution is 0.0939. The van der Waals surface area contributed by atoms with Crippen molar-refractivity contribution in [3.8, 4) is 0 Å². The molecule has 1 aromatic rings. The first kappa shape index (κ1) is 9.39. The number of Topliss-reactive ketones (excluding diaryl/α,β-unsaturated/α-hetero) is 1. The molecule has 14 heavy (non-hydrogen) atoms. The molecule has 0 bridgehead atoms. The summed E-state index contributed by atoms with van der Waals surface area (Å²) in [5, 5.41) is 9.17. The second-order valence-electron chi connectivity index (χ2n) is 2.91. The van der Waals surface area contributed by atoms with E-state index in [0.29, 0.717) is 5.56 Å². The monoisotopic (exact) mass is 300 g/mol. The smallest absolute Gasteiger partial charge is 0.228 e. The molecule has 1 N–H and O–H groups in total. The topological polar surface area (TPSA) is 54.4 Å². The normalized spacial score (nSPS) is 15.1.